The Bertz CT molecular complexity index is 863. The third kappa shape index (κ3) is 4.79. The van der Waals surface area contributed by atoms with Crippen LogP contribution in [0.2, 0.25) is 0 Å². The van der Waals surface area contributed by atoms with Crippen LogP contribution in [0.4, 0.5) is 5.69 Å². The minimum absolute atomic E-state index is 0.0314. The summed E-state index contributed by atoms with van der Waals surface area (Å²) in [5, 5.41) is 6.27. The molecule has 27 heavy (non-hydrogen) atoms. The summed E-state index contributed by atoms with van der Waals surface area (Å²) in [6.45, 7) is 0. The third-order valence-corrected chi connectivity index (χ3v) is 5.13. The van der Waals surface area contributed by atoms with Crippen LogP contribution in [0.5, 0.6) is 11.5 Å². The molecule has 0 fully saturated rings. The first-order valence-corrected chi connectivity index (χ1v) is 9.08. The zero-order valence-corrected chi connectivity index (χ0v) is 15.7. The zero-order valence-electron chi connectivity index (χ0n) is 14.9. The van der Waals surface area contributed by atoms with Crippen molar-refractivity contribution < 1.29 is 19.1 Å². The Morgan fingerprint density at radius 3 is 2.63 bits per heavy atom. The maximum atomic E-state index is 12.2. The van der Waals surface area contributed by atoms with E-state index in [1.54, 1.807) is 32.4 Å². The fourth-order valence-corrected chi connectivity index (χ4v) is 3.63. The van der Waals surface area contributed by atoms with E-state index >= 15 is 0 Å². The molecule has 0 unspecified atom stereocenters. The highest BCUT2D eigenvalue weighted by atomic mass is 32.2. The van der Waals surface area contributed by atoms with E-state index in [9.17, 15) is 9.59 Å². The summed E-state index contributed by atoms with van der Waals surface area (Å²) in [4.78, 5) is 25.2. The van der Waals surface area contributed by atoms with E-state index in [1.165, 1.54) is 18.0 Å². The number of benzene rings is 2. The molecular formula is C19H19N3O4S. The molecule has 0 saturated carbocycles. The van der Waals surface area contributed by atoms with Crippen LogP contribution in [0.3, 0.4) is 0 Å². The highest BCUT2D eigenvalue weighted by Crippen LogP contribution is 2.36. The van der Waals surface area contributed by atoms with Crippen molar-refractivity contribution in [3.05, 3.63) is 48.0 Å². The number of ether oxygens (including phenoxy) is 2. The molecule has 0 aromatic heterocycles. The predicted molar refractivity (Wildman–Crippen MR) is 105 cm³/mol. The monoisotopic (exact) mass is 385 g/mol. The number of amides is 2. The van der Waals surface area contributed by atoms with Crippen molar-refractivity contribution in [2.45, 2.75) is 16.6 Å². The van der Waals surface area contributed by atoms with E-state index in [-0.39, 0.29) is 18.2 Å². The Morgan fingerprint density at radius 2 is 1.93 bits per heavy atom. The molecule has 0 spiro atoms. The van der Waals surface area contributed by atoms with Crippen molar-refractivity contribution in [1.82, 2.24) is 5.43 Å². The van der Waals surface area contributed by atoms with Gasteiger partial charge in [0.25, 0.3) is 0 Å². The molecule has 8 heteroatoms. The van der Waals surface area contributed by atoms with Gasteiger partial charge < -0.3 is 14.8 Å². The number of rotatable bonds is 6. The maximum absolute atomic E-state index is 12.2. The number of hydrogen-bond donors (Lipinski definition) is 2. The van der Waals surface area contributed by atoms with Crippen LogP contribution in [0.1, 0.15) is 12.0 Å². The fraction of sp³-hybridized carbons (Fsp3) is 0.211. The zero-order chi connectivity index (χ0) is 19.2. The van der Waals surface area contributed by atoms with Gasteiger partial charge in [0.05, 0.1) is 31.4 Å². The van der Waals surface area contributed by atoms with Gasteiger partial charge in [-0.3, -0.25) is 9.59 Å². The molecule has 140 valence electrons. The van der Waals surface area contributed by atoms with Gasteiger partial charge in [0.1, 0.15) is 11.5 Å². The normalized spacial score (nSPS) is 15.8. The number of thioether (sulfide) groups is 1. The first kappa shape index (κ1) is 18.8. The second-order valence-electron chi connectivity index (χ2n) is 5.74. The van der Waals surface area contributed by atoms with Gasteiger partial charge in [-0.1, -0.05) is 12.1 Å². The van der Waals surface area contributed by atoms with Gasteiger partial charge in [0.15, 0.2) is 0 Å². The second-order valence-corrected chi connectivity index (χ2v) is 6.98. The Hall–Kier alpha value is -3.00. The molecule has 0 aliphatic carbocycles. The largest absolute Gasteiger partial charge is 0.497 e. The lowest BCUT2D eigenvalue weighted by molar-refractivity contribution is -0.124. The van der Waals surface area contributed by atoms with E-state index in [0.717, 1.165) is 10.6 Å². The highest BCUT2D eigenvalue weighted by molar-refractivity contribution is 8.01. The molecule has 0 radical (unpaired) electrons. The van der Waals surface area contributed by atoms with Crippen LogP contribution in [0, 0.1) is 0 Å². The topological polar surface area (TPSA) is 89.0 Å². The molecule has 0 bridgehead atoms. The number of para-hydroxylation sites is 1. The highest BCUT2D eigenvalue weighted by Gasteiger charge is 2.28. The maximum Gasteiger partial charge on any atom is 0.241 e. The van der Waals surface area contributed by atoms with Gasteiger partial charge in [0, 0.05) is 22.9 Å². The van der Waals surface area contributed by atoms with Crippen molar-refractivity contribution in [2.75, 3.05) is 19.5 Å². The molecule has 2 aromatic carbocycles. The van der Waals surface area contributed by atoms with E-state index in [2.05, 4.69) is 15.8 Å². The number of carbonyl (C=O) groups is 2. The lowest BCUT2D eigenvalue weighted by Gasteiger charge is -2.23. The fourth-order valence-electron chi connectivity index (χ4n) is 2.52. The van der Waals surface area contributed by atoms with Gasteiger partial charge >= 0.3 is 0 Å². The molecule has 1 aliphatic rings. The van der Waals surface area contributed by atoms with Gasteiger partial charge in [-0.15, -0.1) is 11.8 Å². The number of methoxy groups -OCH3 is 2. The Balaban J connectivity index is 1.59. The van der Waals surface area contributed by atoms with Gasteiger partial charge in [-0.2, -0.15) is 5.10 Å². The van der Waals surface area contributed by atoms with Gasteiger partial charge in [-0.25, -0.2) is 5.43 Å². The van der Waals surface area contributed by atoms with Crippen molar-refractivity contribution in [3.63, 3.8) is 0 Å². The SMILES string of the molecule is COc1cc(/C=N\NC(=O)C[C@H]2Sc3ccccc3NC2=O)cc(OC)c1. The third-order valence-electron chi connectivity index (χ3n) is 3.85. The first-order chi connectivity index (χ1) is 13.1. The number of carbonyl (C=O) groups excluding carboxylic acids is 2. The number of nitrogens with zero attached hydrogens (tertiary/aromatic N) is 1. The molecule has 0 saturated heterocycles. The van der Waals surface area contributed by atoms with E-state index in [1.807, 2.05) is 24.3 Å². The number of nitrogens with one attached hydrogen (secondary N) is 2. The molecule has 1 atom stereocenters. The number of hydrazone groups is 1. The van der Waals surface area contributed by atoms with Crippen molar-refractivity contribution in [1.29, 1.82) is 0 Å². The lowest BCUT2D eigenvalue weighted by atomic mass is 10.2. The Morgan fingerprint density at radius 1 is 1.22 bits per heavy atom. The molecule has 1 heterocycles. The van der Waals surface area contributed by atoms with E-state index in [4.69, 9.17) is 9.47 Å². The van der Waals surface area contributed by atoms with Crippen molar-refractivity contribution in [2.24, 2.45) is 5.10 Å². The molecule has 2 N–H and O–H groups in total. The van der Waals surface area contributed by atoms with Crippen LogP contribution in [-0.2, 0) is 9.59 Å². The molecular weight excluding hydrogens is 366 g/mol. The summed E-state index contributed by atoms with van der Waals surface area (Å²) < 4.78 is 10.4. The van der Waals surface area contributed by atoms with Crippen LogP contribution < -0.4 is 20.2 Å². The van der Waals surface area contributed by atoms with Crippen LogP contribution in [-0.4, -0.2) is 37.5 Å². The Labute approximate surface area is 161 Å². The standard InChI is InChI=1S/C19H19N3O4S/c1-25-13-7-12(8-14(9-13)26-2)11-20-22-18(23)10-17-19(24)21-15-5-3-4-6-16(15)27-17/h3-9,11,17H,10H2,1-2H3,(H,21,24)(H,22,23)/b20-11-/t17-/m1/s1. The average molecular weight is 385 g/mol. The minimum atomic E-state index is -0.494. The van der Waals surface area contributed by atoms with Crippen LogP contribution in [0.25, 0.3) is 0 Å². The summed E-state index contributed by atoms with van der Waals surface area (Å²) >= 11 is 1.38. The van der Waals surface area contributed by atoms with E-state index in [0.29, 0.717) is 17.1 Å². The second kappa shape index (κ2) is 8.59. The van der Waals surface area contributed by atoms with Gasteiger partial charge in [-0.05, 0) is 24.3 Å². The molecule has 3 rings (SSSR count). The smallest absolute Gasteiger partial charge is 0.241 e. The average Bonchev–Trinajstić information content (AvgIpc) is 2.68. The van der Waals surface area contributed by atoms with Crippen molar-refractivity contribution in [3.8, 4) is 11.5 Å². The minimum Gasteiger partial charge on any atom is -0.497 e. The lowest BCUT2D eigenvalue weighted by Crippen LogP contribution is -2.33. The summed E-state index contributed by atoms with van der Waals surface area (Å²) in [5.41, 5.74) is 3.94. The van der Waals surface area contributed by atoms with E-state index < -0.39 is 5.25 Å². The summed E-state index contributed by atoms with van der Waals surface area (Å²) in [7, 11) is 3.12. The predicted octanol–water partition coefficient (Wildman–Crippen LogP) is 2.66. The number of anilines is 1. The molecule has 7 nitrogen and oxygen atoms in total. The van der Waals surface area contributed by atoms with Crippen LogP contribution in [0.15, 0.2) is 52.5 Å². The summed E-state index contributed by atoms with van der Waals surface area (Å²) in [5.74, 6) is 0.718. The number of hydrogen-bond acceptors (Lipinski definition) is 6. The number of fused-ring (bicyclic) bond motifs is 1. The first-order valence-electron chi connectivity index (χ1n) is 8.20. The Kier molecular flexibility index (Phi) is 5.97. The van der Waals surface area contributed by atoms with Crippen molar-refractivity contribution >= 4 is 35.5 Å². The van der Waals surface area contributed by atoms with Gasteiger partial charge in [0.2, 0.25) is 11.8 Å². The van der Waals surface area contributed by atoms with Crippen LogP contribution >= 0.6 is 11.8 Å². The summed E-state index contributed by atoms with van der Waals surface area (Å²) in [6, 6.07) is 12.8. The molecule has 2 amide bonds. The molecule has 2 aromatic rings. The molecule has 1 aliphatic heterocycles. The summed E-state index contributed by atoms with van der Waals surface area (Å²) in [6.07, 6.45) is 1.52. The quantitative estimate of drug-likeness (QED) is 0.589.